The predicted molar refractivity (Wildman–Crippen MR) is 83.0 cm³/mol. The lowest BCUT2D eigenvalue weighted by Gasteiger charge is -2.25. The molecule has 3 rings (SSSR count). The molecule has 0 bridgehead atoms. The van der Waals surface area contributed by atoms with Crippen molar-refractivity contribution in [1.29, 1.82) is 0 Å². The highest BCUT2D eigenvalue weighted by Gasteiger charge is 2.20. The van der Waals surface area contributed by atoms with E-state index in [1.165, 1.54) is 0 Å². The third-order valence-electron chi connectivity index (χ3n) is 3.59. The van der Waals surface area contributed by atoms with Crippen molar-refractivity contribution in [2.45, 2.75) is 6.92 Å². The molecule has 4 nitrogen and oxygen atoms in total. The fourth-order valence-electron chi connectivity index (χ4n) is 2.45. The zero-order valence-electron chi connectivity index (χ0n) is 12.0. The van der Waals surface area contributed by atoms with Gasteiger partial charge in [0.05, 0.1) is 11.3 Å². The van der Waals surface area contributed by atoms with Crippen LogP contribution in [0.4, 0.5) is 5.69 Å². The molecule has 1 heterocycles. The highest BCUT2D eigenvalue weighted by atomic mass is 16.5. The Labute approximate surface area is 124 Å². The van der Waals surface area contributed by atoms with Crippen molar-refractivity contribution < 1.29 is 9.53 Å². The van der Waals surface area contributed by atoms with Crippen molar-refractivity contribution in [3.63, 3.8) is 0 Å². The Bertz CT molecular complexity index is 655. The van der Waals surface area contributed by atoms with Gasteiger partial charge in [0, 0.05) is 19.6 Å². The van der Waals surface area contributed by atoms with Crippen molar-refractivity contribution in [3.05, 3.63) is 54.1 Å². The van der Waals surface area contributed by atoms with Gasteiger partial charge in [-0.2, -0.15) is 0 Å². The maximum Gasteiger partial charge on any atom is 0.257 e. The van der Waals surface area contributed by atoms with Crippen LogP contribution in [0.2, 0.25) is 0 Å². The van der Waals surface area contributed by atoms with E-state index in [0.717, 1.165) is 11.4 Å². The van der Waals surface area contributed by atoms with Crippen LogP contribution in [0, 0.1) is 0 Å². The summed E-state index contributed by atoms with van der Waals surface area (Å²) in [7, 11) is 0. The van der Waals surface area contributed by atoms with E-state index in [2.05, 4.69) is 5.32 Å². The number of likely N-dealkylation sites (N-methyl/N-ethyl adjacent to an activating group) is 1. The first-order valence-electron chi connectivity index (χ1n) is 7.18. The van der Waals surface area contributed by atoms with Gasteiger partial charge in [0.15, 0.2) is 5.75 Å². The summed E-state index contributed by atoms with van der Waals surface area (Å²) in [6.45, 7) is 4.03. The molecule has 0 aliphatic carbocycles. The lowest BCUT2D eigenvalue weighted by Crippen LogP contribution is -2.35. The number of amides is 1. The Hall–Kier alpha value is -2.49. The normalized spacial score (nSPS) is 14.5. The molecule has 4 heteroatoms. The van der Waals surface area contributed by atoms with Gasteiger partial charge in [0.1, 0.15) is 5.75 Å². The molecule has 0 fully saturated rings. The highest BCUT2D eigenvalue weighted by Crippen LogP contribution is 2.32. The fourth-order valence-corrected chi connectivity index (χ4v) is 2.45. The molecule has 1 aliphatic rings. The topological polar surface area (TPSA) is 41.6 Å². The zero-order chi connectivity index (χ0) is 14.7. The van der Waals surface area contributed by atoms with E-state index in [0.29, 0.717) is 30.9 Å². The minimum Gasteiger partial charge on any atom is -0.454 e. The molecule has 0 radical (unpaired) electrons. The monoisotopic (exact) mass is 282 g/mol. The number of fused-ring (bicyclic) bond motifs is 2. The quantitative estimate of drug-likeness (QED) is 0.872. The van der Waals surface area contributed by atoms with Gasteiger partial charge in [-0.15, -0.1) is 0 Å². The number of nitrogens with zero attached hydrogens (tertiary/aromatic N) is 1. The Morgan fingerprint density at radius 1 is 1.10 bits per heavy atom. The number of rotatable bonds is 1. The van der Waals surface area contributed by atoms with Crippen LogP contribution in [0.1, 0.15) is 17.3 Å². The van der Waals surface area contributed by atoms with Gasteiger partial charge < -0.3 is 15.0 Å². The molecular weight excluding hydrogens is 264 g/mol. The maximum atomic E-state index is 12.6. The van der Waals surface area contributed by atoms with Crippen molar-refractivity contribution in [1.82, 2.24) is 4.90 Å². The van der Waals surface area contributed by atoms with Gasteiger partial charge in [0.2, 0.25) is 0 Å². The smallest absolute Gasteiger partial charge is 0.257 e. The average Bonchev–Trinajstić information content (AvgIpc) is 2.53. The third-order valence-corrected chi connectivity index (χ3v) is 3.59. The number of carbonyl (C=O) groups is 1. The summed E-state index contributed by atoms with van der Waals surface area (Å²) in [6, 6.07) is 15.2. The largest absolute Gasteiger partial charge is 0.454 e. The molecule has 108 valence electrons. The second kappa shape index (κ2) is 5.87. The number of nitrogens with one attached hydrogen (secondary N) is 1. The number of hydrogen-bond acceptors (Lipinski definition) is 3. The van der Waals surface area contributed by atoms with Crippen LogP contribution in [-0.2, 0) is 0 Å². The van der Waals surface area contributed by atoms with Crippen molar-refractivity contribution in [2.24, 2.45) is 0 Å². The number of ether oxygens (including phenoxy) is 1. The molecule has 0 saturated carbocycles. The minimum atomic E-state index is 0.00859. The summed E-state index contributed by atoms with van der Waals surface area (Å²) < 4.78 is 5.97. The molecule has 2 aromatic carbocycles. The lowest BCUT2D eigenvalue weighted by atomic mass is 10.1. The molecule has 0 spiro atoms. The maximum absolute atomic E-state index is 12.6. The molecule has 1 N–H and O–H groups in total. The van der Waals surface area contributed by atoms with Gasteiger partial charge in [-0.3, -0.25) is 4.79 Å². The number of hydrogen-bond donors (Lipinski definition) is 1. The Kier molecular flexibility index (Phi) is 3.77. The summed E-state index contributed by atoms with van der Waals surface area (Å²) in [5.41, 5.74) is 1.55. The van der Waals surface area contributed by atoms with Crippen LogP contribution in [0.3, 0.4) is 0 Å². The van der Waals surface area contributed by atoms with Crippen LogP contribution in [0.5, 0.6) is 11.5 Å². The Morgan fingerprint density at radius 3 is 2.62 bits per heavy atom. The summed E-state index contributed by atoms with van der Waals surface area (Å²) in [6.07, 6.45) is 0. The second-order valence-electron chi connectivity index (χ2n) is 4.91. The molecular formula is C17H18N2O2. The van der Waals surface area contributed by atoms with E-state index in [1.807, 2.05) is 60.4 Å². The number of benzene rings is 2. The predicted octanol–water partition coefficient (Wildman–Crippen LogP) is 3.37. The summed E-state index contributed by atoms with van der Waals surface area (Å²) >= 11 is 0. The number of para-hydroxylation sites is 3. The van der Waals surface area contributed by atoms with Gasteiger partial charge in [-0.1, -0.05) is 24.3 Å². The van der Waals surface area contributed by atoms with Gasteiger partial charge >= 0.3 is 0 Å². The standard InChI is InChI=1S/C17H18N2O2/c1-2-19-12-11-18-14-8-4-6-10-16(14)21-15-9-5-3-7-13(15)17(19)20/h3-10,18H,2,11-12H2,1H3. The van der Waals surface area contributed by atoms with Crippen LogP contribution < -0.4 is 10.1 Å². The first-order valence-corrected chi connectivity index (χ1v) is 7.18. The summed E-state index contributed by atoms with van der Waals surface area (Å²) in [4.78, 5) is 14.4. The van der Waals surface area contributed by atoms with Gasteiger partial charge in [-0.05, 0) is 31.2 Å². The molecule has 0 saturated heterocycles. The van der Waals surface area contributed by atoms with E-state index in [9.17, 15) is 4.79 Å². The van der Waals surface area contributed by atoms with Crippen LogP contribution in [-0.4, -0.2) is 30.4 Å². The highest BCUT2D eigenvalue weighted by molar-refractivity contribution is 5.97. The van der Waals surface area contributed by atoms with E-state index >= 15 is 0 Å². The molecule has 0 unspecified atom stereocenters. The van der Waals surface area contributed by atoms with Crippen molar-refractivity contribution in [2.75, 3.05) is 25.0 Å². The van der Waals surface area contributed by atoms with E-state index in [1.54, 1.807) is 0 Å². The SMILES string of the molecule is CCN1CCNc2ccccc2Oc2ccccc2C1=O. The van der Waals surface area contributed by atoms with E-state index < -0.39 is 0 Å². The second-order valence-corrected chi connectivity index (χ2v) is 4.91. The summed E-state index contributed by atoms with van der Waals surface area (Å²) in [5, 5.41) is 3.33. The molecule has 0 atom stereocenters. The van der Waals surface area contributed by atoms with Crippen molar-refractivity contribution in [3.8, 4) is 11.5 Å². The van der Waals surface area contributed by atoms with Crippen molar-refractivity contribution >= 4 is 11.6 Å². The Morgan fingerprint density at radius 2 is 1.81 bits per heavy atom. The van der Waals surface area contributed by atoms with Gasteiger partial charge in [-0.25, -0.2) is 0 Å². The van der Waals surface area contributed by atoms with E-state index in [-0.39, 0.29) is 5.91 Å². The zero-order valence-corrected chi connectivity index (χ0v) is 12.0. The van der Waals surface area contributed by atoms with Crippen LogP contribution in [0.25, 0.3) is 0 Å². The molecule has 21 heavy (non-hydrogen) atoms. The number of carbonyl (C=O) groups excluding carboxylic acids is 1. The molecule has 1 amide bonds. The van der Waals surface area contributed by atoms with E-state index in [4.69, 9.17) is 4.74 Å². The van der Waals surface area contributed by atoms with Crippen LogP contribution in [0.15, 0.2) is 48.5 Å². The van der Waals surface area contributed by atoms with Gasteiger partial charge in [0.25, 0.3) is 5.91 Å². The molecule has 1 aliphatic heterocycles. The number of anilines is 1. The third kappa shape index (κ3) is 2.70. The molecule has 0 aromatic heterocycles. The average molecular weight is 282 g/mol. The lowest BCUT2D eigenvalue weighted by molar-refractivity contribution is 0.0767. The first-order chi connectivity index (χ1) is 10.3. The summed E-state index contributed by atoms with van der Waals surface area (Å²) in [5.74, 6) is 1.34. The van der Waals surface area contributed by atoms with Crippen LogP contribution >= 0.6 is 0 Å². The molecule has 2 aromatic rings. The fraction of sp³-hybridized carbons (Fsp3) is 0.235. The Balaban J connectivity index is 2.07. The minimum absolute atomic E-state index is 0.00859. The first kappa shape index (κ1) is 13.5.